The van der Waals surface area contributed by atoms with Gasteiger partial charge in [-0.2, -0.15) is 12.8 Å². The molecule has 0 amide bonds. The molecule has 0 fully saturated rings. The molecule has 2 aromatic carbocycles. The molecule has 0 N–H and O–H groups in total. The van der Waals surface area contributed by atoms with Crippen LogP contribution in [0.5, 0.6) is 5.75 Å². The molecule has 0 heterocycles. The number of unbranched alkanes of at least 4 members (excludes halogenated alkanes) is 1. The Morgan fingerprint density at radius 2 is 1.86 bits per heavy atom. The van der Waals surface area contributed by atoms with E-state index in [4.69, 9.17) is 4.74 Å². The normalized spacial score (nSPS) is 11.7. The number of hydrogen-bond acceptors (Lipinski definition) is 3. The number of benzene rings is 2. The maximum Gasteiger partial charge on any atom is 0.282 e. The first kappa shape index (κ1) is 16.2. The van der Waals surface area contributed by atoms with Crippen molar-refractivity contribution in [1.82, 2.24) is 0 Å². The molecule has 0 aliphatic carbocycles. The fourth-order valence-electron chi connectivity index (χ4n) is 1.80. The lowest BCUT2D eigenvalue weighted by molar-refractivity contribution is 0.309. The van der Waals surface area contributed by atoms with Gasteiger partial charge < -0.3 is 4.74 Å². The quantitative estimate of drug-likeness (QED) is 0.578. The average Bonchev–Trinajstić information content (AvgIpc) is 2.55. The summed E-state index contributed by atoms with van der Waals surface area (Å²) in [4.78, 5) is 0.182. The molecular weight excluding hydrogens is 298 g/mol. The Morgan fingerprint density at radius 1 is 1.09 bits per heavy atom. The van der Waals surface area contributed by atoms with Crippen molar-refractivity contribution in [3.63, 3.8) is 0 Å². The Hall–Kier alpha value is -2.14. The van der Waals surface area contributed by atoms with Crippen molar-refractivity contribution in [1.29, 1.82) is 0 Å². The molecule has 0 atom stereocenters. The number of sulfonamides is 1. The molecule has 5 heteroatoms. The molecule has 4 nitrogen and oxygen atoms in total. The van der Waals surface area contributed by atoms with E-state index in [9.17, 15) is 8.42 Å². The highest BCUT2D eigenvalue weighted by molar-refractivity contribution is 7.90. The molecule has 0 radical (unpaired) electrons. The zero-order valence-electron chi connectivity index (χ0n) is 12.5. The minimum Gasteiger partial charge on any atom is -0.494 e. The molecule has 0 unspecified atom stereocenters. The van der Waals surface area contributed by atoms with Gasteiger partial charge in [-0.25, -0.2) is 0 Å². The summed E-state index contributed by atoms with van der Waals surface area (Å²) in [6, 6.07) is 15.4. The summed E-state index contributed by atoms with van der Waals surface area (Å²) in [5, 5.41) is 0. The van der Waals surface area contributed by atoms with Crippen molar-refractivity contribution in [3.05, 3.63) is 60.2 Å². The van der Waals surface area contributed by atoms with Crippen molar-refractivity contribution < 1.29 is 13.2 Å². The third-order valence-electron chi connectivity index (χ3n) is 3.01. The van der Waals surface area contributed by atoms with Crippen LogP contribution in [0.25, 0.3) is 0 Å². The third kappa shape index (κ3) is 4.70. The monoisotopic (exact) mass is 317 g/mol. The minimum atomic E-state index is -3.66. The molecule has 0 aliphatic rings. The fourth-order valence-corrected chi connectivity index (χ4v) is 2.69. The third-order valence-corrected chi connectivity index (χ3v) is 4.26. The van der Waals surface area contributed by atoms with E-state index < -0.39 is 10.0 Å². The molecule has 116 valence electrons. The van der Waals surface area contributed by atoms with E-state index in [1.165, 1.54) is 18.3 Å². The Balaban J connectivity index is 2.11. The summed E-state index contributed by atoms with van der Waals surface area (Å²) in [5.41, 5.74) is 0.688. The van der Waals surface area contributed by atoms with Gasteiger partial charge in [0.05, 0.1) is 11.5 Å². The molecule has 0 saturated heterocycles. The summed E-state index contributed by atoms with van der Waals surface area (Å²) < 4.78 is 33.5. The zero-order chi connectivity index (χ0) is 15.8. The van der Waals surface area contributed by atoms with Crippen LogP contribution in [0.15, 0.2) is 63.9 Å². The van der Waals surface area contributed by atoms with Gasteiger partial charge in [-0.3, -0.25) is 0 Å². The van der Waals surface area contributed by atoms with Crippen LogP contribution in [0.3, 0.4) is 0 Å². The van der Waals surface area contributed by atoms with Crippen LogP contribution in [0.4, 0.5) is 0 Å². The largest absolute Gasteiger partial charge is 0.494 e. The van der Waals surface area contributed by atoms with Gasteiger partial charge in [-0.15, -0.1) is 0 Å². The maximum atomic E-state index is 12.1. The van der Waals surface area contributed by atoms with Crippen LogP contribution in [0, 0.1) is 0 Å². The fraction of sp³-hybridized carbons (Fsp3) is 0.235. The Morgan fingerprint density at radius 3 is 2.59 bits per heavy atom. The minimum absolute atomic E-state index is 0.182. The lowest BCUT2D eigenvalue weighted by Crippen LogP contribution is -1.98. The van der Waals surface area contributed by atoms with E-state index in [-0.39, 0.29) is 4.90 Å². The van der Waals surface area contributed by atoms with Crippen LogP contribution in [-0.4, -0.2) is 21.2 Å². The summed E-state index contributed by atoms with van der Waals surface area (Å²) in [6.07, 6.45) is 3.40. The first-order chi connectivity index (χ1) is 10.6. The maximum absolute atomic E-state index is 12.1. The van der Waals surface area contributed by atoms with Crippen LogP contribution in [0.1, 0.15) is 25.3 Å². The molecule has 0 aromatic heterocycles. The second kappa shape index (κ2) is 7.75. The van der Waals surface area contributed by atoms with Crippen LogP contribution in [0.2, 0.25) is 0 Å². The lowest BCUT2D eigenvalue weighted by atomic mass is 10.2. The standard InChI is InChI=1S/C17H19NO3S/c1-2-3-12-21-16-9-7-8-15(13-16)14-18-22(19,20)17-10-5-4-6-11-17/h4-11,13-14H,2-3,12H2,1H3/b18-14-. The van der Waals surface area contributed by atoms with E-state index in [2.05, 4.69) is 11.3 Å². The van der Waals surface area contributed by atoms with Gasteiger partial charge in [0.1, 0.15) is 5.75 Å². The first-order valence-corrected chi connectivity index (χ1v) is 8.64. The van der Waals surface area contributed by atoms with E-state index in [0.717, 1.165) is 18.6 Å². The molecular formula is C17H19NO3S. The predicted octanol–water partition coefficient (Wildman–Crippen LogP) is 3.67. The van der Waals surface area contributed by atoms with Crippen molar-refractivity contribution >= 4 is 16.2 Å². The van der Waals surface area contributed by atoms with Gasteiger partial charge in [-0.05, 0) is 36.2 Å². The SMILES string of the molecule is CCCCOc1cccc(/C=N\S(=O)(=O)c2ccccc2)c1. The van der Waals surface area contributed by atoms with Crippen molar-refractivity contribution in [2.75, 3.05) is 6.61 Å². The zero-order valence-corrected chi connectivity index (χ0v) is 13.3. The predicted molar refractivity (Wildman–Crippen MR) is 88.1 cm³/mol. The highest BCUT2D eigenvalue weighted by atomic mass is 32.2. The van der Waals surface area contributed by atoms with Gasteiger partial charge in [0.2, 0.25) is 0 Å². The van der Waals surface area contributed by atoms with Gasteiger partial charge >= 0.3 is 0 Å². The topological polar surface area (TPSA) is 55.7 Å². The molecule has 0 bridgehead atoms. The highest BCUT2D eigenvalue weighted by Crippen LogP contribution is 2.14. The van der Waals surface area contributed by atoms with Gasteiger partial charge in [0.15, 0.2) is 0 Å². The molecule has 22 heavy (non-hydrogen) atoms. The number of nitrogens with zero attached hydrogens (tertiary/aromatic N) is 1. The summed E-state index contributed by atoms with van der Waals surface area (Å²) in [7, 11) is -3.66. The van der Waals surface area contributed by atoms with E-state index >= 15 is 0 Å². The number of rotatable bonds is 7. The summed E-state index contributed by atoms with van der Waals surface area (Å²) in [5.74, 6) is 0.717. The van der Waals surface area contributed by atoms with E-state index in [1.54, 1.807) is 30.3 Å². The van der Waals surface area contributed by atoms with Crippen molar-refractivity contribution in [2.45, 2.75) is 24.7 Å². The number of ether oxygens (including phenoxy) is 1. The van der Waals surface area contributed by atoms with Gasteiger partial charge in [-0.1, -0.05) is 43.7 Å². The lowest BCUT2D eigenvalue weighted by Gasteiger charge is -2.05. The average molecular weight is 317 g/mol. The molecule has 2 aromatic rings. The number of hydrogen-bond donors (Lipinski definition) is 0. The first-order valence-electron chi connectivity index (χ1n) is 7.20. The molecule has 2 rings (SSSR count). The van der Waals surface area contributed by atoms with Crippen LogP contribution < -0.4 is 4.74 Å². The van der Waals surface area contributed by atoms with Crippen LogP contribution >= 0.6 is 0 Å². The van der Waals surface area contributed by atoms with Crippen molar-refractivity contribution in [3.8, 4) is 5.75 Å². The Labute approximate surface area is 131 Å². The van der Waals surface area contributed by atoms with Gasteiger partial charge in [0, 0.05) is 6.21 Å². The second-order valence-corrected chi connectivity index (χ2v) is 6.43. The Kier molecular flexibility index (Phi) is 5.72. The van der Waals surface area contributed by atoms with Gasteiger partial charge in [0.25, 0.3) is 10.0 Å². The Bertz CT molecular complexity index is 725. The van der Waals surface area contributed by atoms with Crippen LogP contribution in [-0.2, 0) is 10.0 Å². The second-order valence-electron chi connectivity index (χ2n) is 4.80. The highest BCUT2D eigenvalue weighted by Gasteiger charge is 2.10. The smallest absolute Gasteiger partial charge is 0.282 e. The van der Waals surface area contributed by atoms with E-state index in [0.29, 0.717) is 12.2 Å². The van der Waals surface area contributed by atoms with E-state index in [1.807, 2.05) is 12.1 Å². The molecule has 0 aliphatic heterocycles. The van der Waals surface area contributed by atoms with Crippen molar-refractivity contribution in [2.24, 2.45) is 4.40 Å². The summed E-state index contributed by atoms with van der Waals surface area (Å²) in [6.45, 7) is 2.75. The molecule has 0 spiro atoms. The molecule has 0 saturated carbocycles. The summed E-state index contributed by atoms with van der Waals surface area (Å²) >= 11 is 0.